The van der Waals surface area contributed by atoms with Crippen LogP contribution in [0.2, 0.25) is 5.02 Å². The van der Waals surface area contributed by atoms with Gasteiger partial charge in [0.25, 0.3) is 0 Å². The second-order valence-electron chi connectivity index (χ2n) is 5.96. The first-order valence-corrected chi connectivity index (χ1v) is 7.90. The molecular weight excluding hydrogens is 288 g/mol. The van der Waals surface area contributed by atoms with Gasteiger partial charge < -0.3 is 20.1 Å². The number of halogens is 1. The molecule has 3 atom stereocenters. The Morgan fingerprint density at radius 1 is 1.43 bits per heavy atom. The maximum Gasteiger partial charge on any atom is 0.119 e. The molecule has 1 fully saturated rings. The van der Waals surface area contributed by atoms with Crippen molar-refractivity contribution in [2.75, 3.05) is 33.3 Å². The molecular formula is C16H25ClN2O2. The molecule has 4 nitrogen and oxygen atoms in total. The van der Waals surface area contributed by atoms with E-state index in [4.69, 9.17) is 16.3 Å². The van der Waals surface area contributed by atoms with E-state index in [9.17, 15) is 5.11 Å². The highest BCUT2D eigenvalue weighted by Gasteiger charge is 2.24. The molecule has 1 saturated heterocycles. The van der Waals surface area contributed by atoms with Crippen LogP contribution in [0.5, 0.6) is 5.75 Å². The van der Waals surface area contributed by atoms with Crippen LogP contribution in [0.15, 0.2) is 24.3 Å². The summed E-state index contributed by atoms with van der Waals surface area (Å²) in [6, 6.07) is 7.65. The van der Waals surface area contributed by atoms with Gasteiger partial charge in [0.05, 0.1) is 0 Å². The van der Waals surface area contributed by atoms with Gasteiger partial charge >= 0.3 is 0 Å². The second-order valence-corrected chi connectivity index (χ2v) is 6.40. The van der Waals surface area contributed by atoms with Crippen molar-refractivity contribution < 1.29 is 9.84 Å². The molecule has 3 unspecified atom stereocenters. The Hall–Kier alpha value is -0.810. The number of piperidine rings is 1. The number of rotatable bonds is 6. The number of aliphatic hydroxyl groups excluding tert-OH is 1. The Balaban J connectivity index is 1.67. The molecule has 118 valence electrons. The van der Waals surface area contributed by atoms with Crippen LogP contribution >= 0.6 is 11.6 Å². The van der Waals surface area contributed by atoms with Crippen molar-refractivity contribution in [1.29, 1.82) is 0 Å². The van der Waals surface area contributed by atoms with Crippen molar-refractivity contribution in [2.45, 2.75) is 25.5 Å². The Morgan fingerprint density at radius 3 is 2.81 bits per heavy atom. The van der Waals surface area contributed by atoms with E-state index in [0.717, 1.165) is 25.3 Å². The fourth-order valence-corrected chi connectivity index (χ4v) is 2.85. The molecule has 0 saturated carbocycles. The van der Waals surface area contributed by atoms with Crippen LogP contribution in [0.1, 0.15) is 13.3 Å². The van der Waals surface area contributed by atoms with E-state index in [1.807, 2.05) is 12.1 Å². The Bertz CT molecular complexity index is 427. The normalized spacial score (nSPS) is 24.8. The van der Waals surface area contributed by atoms with Crippen LogP contribution in [-0.2, 0) is 0 Å². The fourth-order valence-electron chi connectivity index (χ4n) is 2.73. The van der Waals surface area contributed by atoms with Gasteiger partial charge in [-0.1, -0.05) is 18.5 Å². The first-order chi connectivity index (χ1) is 10.0. The second kappa shape index (κ2) is 7.99. The molecule has 1 heterocycles. The minimum absolute atomic E-state index is 0.287. The largest absolute Gasteiger partial charge is 0.491 e. The third-order valence-corrected chi connectivity index (χ3v) is 4.23. The lowest BCUT2D eigenvalue weighted by atomic mass is 9.94. The Morgan fingerprint density at radius 2 is 2.14 bits per heavy atom. The molecule has 1 aliphatic rings. The summed E-state index contributed by atoms with van der Waals surface area (Å²) in [5.41, 5.74) is 0. The van der Waals surface area contributed by atoms with Crippen molar-refractivity contribution in [3.05, 3.63) is 29.3 Å². The minimum atomic E-state index is -0.507. The summed E-state index contributed by atoms with van der Waals surface area (Å²) in [5, 5.41) is 14.2. The zero-order chi connectivity index (χ0) is 15.2. The number of nitrogens with zero attached hydrogens (tertiary/aromatic N) is 1. The molecule has 1 aliphatic heterocycles. The van der Waals surface area contributed by atoms with Gasteiger partial charge in [0.15, 0.2) is 0 Å². The predicted octanol–water partition coefficient (Wildman–Crippen LogP) is 2.01. The highest BCUT2D eigenvalue weighted by atomic mass is 35.5. The molecule has 2 rings (SSSR count). The van der Waals surface area contributed by atoms with Gasteiger partial charge in [-0.3, -0.25) is 0 Å². The number of hydrogen-bond donors (Lipinski definition) is 2. The highest BCUT2D eigenvalue weighted by Crippen LogP contribution is 2.16. The molecule has 0 radical (unpaired) electrons. The van der Waals surface area contributed by atoms with Gasteiger partial charge in [0, 0.05) is 24.2 Å². The zero-order valence-corrected chi connectivity index (χ0v) is 13.5. The molecule has 21 heavy (non-hydrogen) atoms. The van der Waals surface area contributed by atoms with E-state index >= 15 is 0 Å². The molecule has 5 heteroatoms. The van der Waals surface area contributed by atoms with Gasteiger partial charge in [0.2, 0.25) is 0 Å². The number of aliphatic hydroxyl groups is 1. The smallest absolute Gasteiger partial charge is 0.119 e. The number of ether oxygens (including phenoxy) is 1. The van der Waals surface area contributed by atoms with E-state index in [-0.39, 0.29) is 6.61 Å². The van der Waals surface area contributed by atoms with Gasteiger partial charge in [-0.05, 0) is 50.2 Å². The molecule has 1 aromatic rings. The first kappa shape index (κ1) is 16.6. The number of likely N-dealkylation sites (tertiary alicyclic amines) is 1. The lowest BCUT2D eigenvalue weighted by molar-refractivity contribution is 0.0933. The highest BCUT2D eigenvalue weighted by molar-refractivity contribution is 6.30. The monoisotopic (exact) mass is 312 g/mol. The van der Waals surface area contributed by atoms with Crippen molar-refractivity contribution in [3.8, 4) is 5.75 Å². The van der Waals surface area contributed by atoms with Gasteiger partial charge in [0.1, 0.15) is 18.5 Å². The van der Waals surface area contributed by atoms with Crippen LogP contribution < -0.4 is 10.1 Å². The van der Waals surface area contributed by atoms with Crippen LogP contribution in [0.3, 0.4) is 0 Å². The van der Waals surface area contributed by atoms with E-state index in [1.54, 1.807) is 12.1 Å². The maximum atomic E-state index is 10.0. The number of benzene rings is 1. The van der Waals surface area contributed by atoms with Crippen molar-refractivity contribution in [1.82, 2.24) is 10.2 Å². The lowest BCUT2D eigenvalue weighted by Crippen LogP contribution is -2.49. The summed E-state index contributed by atoms with van der Waals surface area (Å²) in [6.45, 7) is 5.32. The quantitative estimate of drug-likeness (QED) is 0.843. The van der Waals surface area contributed by atoms with Gasteiger partial charge in [-0.25, -0.2) is 0 Å². The average molecular weight is 313 g/mol. The van der Waals surface area contributed by atoms with E-state index in [0.29, 0.717) is 23.5 Å². The van der Waals surface area contributed by atoms with Gasteiger partial charge in [-0.15, -0.1) is 0 Å². The molecule has 0 aliphatic carbocycles. The van der Waals surface area contributed by atoms with Crippen LogP contribution in [-0.4, -0.2) is 55.4 Å². The summed E-state index contributed by atoms with van der Waals surface area (Å²) in [6.07, 6.45) is 0.620. The van der Waals surface area contributed by atoms with Crippen molar-refractivity contribution in [2.24, 2.45) is 5.92 Å². The SMILES string of the molecule is CC1CN(C)CCC1NCC(O)COc1ccc(Cl)cc1. The van der Waals surface area contributed by atoms with E-state index in [1.165, 1.54) is 0 Å². The molecule has 2 N–H and O–H groups in total. The summed E-state index contributed by atoms with van der Waals surface area (Å²) in [5.74, 6) is 1.33. The zero-order valence-electron chi connectivity index (χ0n) is 12.8. The van der Waals surface area contributed by atoms with E-state index < -0.39 is 6.10 Å². The molecule has 0 spiro atoms. The Kier molecular flexibility index (Phi) is 6.30. The van der Waals surface area contributed by atoms with Crippen LogP contribution in [0.4, 0.5) is 0 Å². The van der Waals surface area contributed by atoms with Crippen LogP contribution in [0.25, 0.3) is 0 Å². The lowest BCUT2D eigenvalue weighted by Gasteiger charge is -2.35. The summed E-state index contributed by atoms with van der Waals surface area (Å²) < 4.78 is 5.55. The predicted molar refractivity (Wildman–Crippen MR) is 86.0 cm³/mol. The Labute approximate surface area is 132 Å². The molecule has 1 aromatic carbocycles. The molecule has 0 amide bonds. The van der Waals surface area contributed by atoms with Gasteiger partial charge in [-0.2, -0.15) is 0 Å². The van der Waals surface area contributed by atoms with E-state index in [2.05, 4.69) is 24.2 Å². The fraction of sp³-hybridized carbons (Fsp3) is 0.625. The minimum Gasteiger partial charge on any atom is -0.491 e. The van der Waals surface area contributed by atoms with Crippen LogP contribution in [0, 0.1) is 5.92 Å². The number of nitrogens with one attached hydrogen (secondary N) is 1. The third-order valence-electron chi connectivity index (χ3n) is 3.98. The first-order valence-electron chi connectivity index (χ1n) is 7.53. The van der Waals surface area contributed by atoms with Crippen molar-refractivity contribution in [3.63, 3.8) is 0 Å². The number of hydrogen-bond acceptors (Lipinski definition) is 4. The molecule has 0 aromatic heterocycles. The topological polar surface area (TPSA) is 44.7 Å². The summed E-state index contributed by atoms with van der Waals surface area (Å²) >= 11 is 5.82. The molecule has 0 bridgehead atoms. The summed E-state index contributed by atoms with van der Waals surface area (Å²) in [4.78, 5) is 2.35. The standard InChI is InChI=1S/C16H25ClN2O2/c1-12-10-19(2)8-7-16(12)18-9-14(20)11-21-15-5-3-13(17)4-6-15/h3-6,12,14,16,18,20H,7-11H2,1-2H3. The average Bonchev–Trinajstić information content (AvgIpc) is 2.46. The van der Waals surface area contributed by atoms with Crippen molar-refractivity contribution >= 4 is 11.6 Å². The summed E-state index contributed by atoms with van der Waals surface area (Å²) in [7, 11) is 2.15. The third kappa shape index (κ3) is 5.47. The maximum absolute atomic E-state index is 10.0.